The molecule has 0 saturated heterocycles. The van der Waals surface area contributed by atoms with Crippen molar-refractivity contribution in [2.24, 2.45) is 0 Å². The van der Waals surface area contributed by atoms with Gasteiger partial charge in [0.1, 0.15) is 6.29 Å². The highest BCUT2D eigenvalue weighted by Crippen LogP contribution is 1.90. The Bertz CT molecular complexity index is 234. The van der Waals surface area contributed by atoms with E-state index in [0.717, 1.165) is 19.4 Å². The van der Waals surface area contributed by atoms with Gasteiger partial charge in [0.05, 0.1) is 13.1 Å². The summed E-state index contributed by atoms with van der Waals surface area (Å²) >= 11 is 0. The fraction of sp³-hybridized carbons (Fsp3) is 0.818. The zero-order valence-electron chi connectivity index (χ0n) is 10.9. The molecule has 0 saturated carbocycles. The van der Waals surface area contributed by atoms with Crippen molar-refractivity contribution in [2.75, 3.05) is 60.4 Å². The fourth-order valence-corrected chi connectivity index (χ4v) is 1.36. The molecule has 0 heterocycles. The number of aliphatic carboxylic acids is 1. The first-order valence-corrected chi connectivity index (χ1v) is 5.66. The van der Waals surface area contributed by atoms with Gasteiger partial charge in [0.25, 0.3) is 0 Å². The van der Waals surface area contributed by atoms with Gasteiger partial charge in [0.2, 0.25) is 0 Å². The van der Waals surface area contributed by atoms with Crippen molar-refractivity contribution in [2.45, 2.75) is 0 Å². The standard InChI is InChI=1S/C11H23N3O3/c1-12(2)4-6-14(8-9-15)7-5-13(3)10-11(16)17/h9H,4-8,10H2,1-3H3,(H,16,17). The molecule has 0 amide bonds. The maximum Gasteiger partial charge on any atom is 0.317 e. The number of hydrogen-bond acceptors (Lipinski definition) is 5. The van der Waals surface area contributed by atoms with Crippen molar-refractivity contribution in [1.82, 2.24) is 14.7 Å². The molecule has 1 N–H and O–H groups in total. The molecule has 0 fully saturated rings. The molecular weight excluding hydrogens is 222 g/mol. The van der Waals surface area contributed by atoms with Gasteiger partial charge in [-0.25, -0.2) is 0 Å². The maximum absolute atomic E-state index is 10.5. The van der Waals surface area contributed by atoms with Crippen LogP contribution in [-0.4, -0.2) is 92.5 Å². The molecule has 0 atom stereocenters. The number of carbonyl (C=O) groups is 2. The molecule has 100 valence electrons. The van der Waals surface area contributed by atoms with Crippen LogP contribution in [-0.2, 0) is 9.59 Å². The Labute approximate surface area is 103 Å². The number of rotatable bonds is 10. The van der Waals surface area contributed by atoms with E-state index >= 15 is 0 Å². The molecule has 0 aromatic rings. The third-order valence-electron chi connectivity index (χ3n) is 2.40. The zero-order chi connectivity index (χ0) is 13.3. The van der Waals surface area contributed by atoms with E-state index < -0.39 is 5.97 Å². The van der Waals surface area contributed by atoms with Gasteiger partial charge in [-0.15, -0.1) is 0 Å². The van der Waals surface area contributed by atoms with Gasteiger partial charge in [-0.3, -0.25) is 14.6 Å². The monoisotopic (exact) mass is 245 g/mol. The highest BCUT2D eigenvalue weighted by Gasteiger charge is 2.08. The number of likely N-dealkylation sites (N-methyl/N-ethyl adjacent to an activating group) is 2. The Morgan fingerprint density at radius 2 is 1.71 bits per heavy atom. The molecule has 0 rings (SSSR count). The summed E-state index contributed by atoms with van der Waals surface area (Å²) in [6, 6.07) is 0. The minimum atomic E-state index is -0.831. The SMILES string of the molecule is CN(C)CCN(CC=O)CCN(C)CC(=O)O. The van der Waals surface area contributed by atoms with E-state index in [1.807, 2.05) is 19.0 Å². The molecule has 0 aromatic heterocycles. The van der Waals surface area contributed by atoms with Crippen LogP contribution in [0.15, 0.2) is 0 Å². The molecule has 6 heteroatoms. The first kappa shape index (κ1) is 16.0. The van der Waals surface area contributed by atoms with Crippen LogP contribution in [0.2, 0.25) is 0 Å². The summed E-state index contributed by atoms with van der Waals surface area (Å²) < 4.78 is 0. The maximum atomic E-state index is 10.5. The van der Waals surface area contributed by atoms with Crippen LogP contribution in [0.4, 0.5) is 0 Å². The van der Waals surface area contributed by atoms with Crippen LogP contribution in [0.25, 0.3) is 0 Å². The van der Waals surface area contributed by atoms with Crippen molar-refractivity contribution in [3.8, 4) is 0 Å². The van der Waals surface area contributed by atoms with E-state index in [9.17, 15) is 9.59 Å². The third kappa shape index (κ3) is 9.92. The minimum absolute atomic E-state index is 0.0304. The van der Waals surface area contributed by atoms with Crippen LogP contribution >= 0.6 is 0 Å². The van der Waals surface area contributed by atoms with Gasteiger partial charge in [0, 0.05) is 26.2 Å². The summed E-state index contributed by atoms with van der Waals surface area (Å²) in [5, 5.41) is 8.61. The average molecular weight is 245 g/mol. The first-order valence-electron chi connectivity index (χ1n) is 5.66. The van der Waals surface area contributed by atoms with Crippen LogP contribution < -0.4 is 0 Å². The normalized spacial score (nSPS) is 11.4. The van der Waals surface area contributed by atoms with Crippen molar-refractivity contribution < 1.29 is 14.7 Å². The van der Waals surface area contributed by atoms with Crippen LogP contribution in [0.3, 0.4) is 0 Å². The fourth-order valence-electron chi connectivity index (χ4n) is 1.36. The number of aldehydes is 1. The Balaban J connectivity index is 3.90. The van der Waals surface area contributed by atoms with E-state index in [2.05, 4.69) is 4.90 Å². The lowest BCUT2D eigenvalue weighted by atomic mass is 10.4. The van der Waals surface area contributed by atoms with E-state index in [0.29, 0.717) is 19.6 Å². The second-order valence-electron chi connectivity index (χ2n) is 4.40. The molecule has 0 radical (unpaired) electrons. The average Bonchev–Trinajstić information content (AvgIpc) is 2.21. The molecular formula is C11H23N3O3. The summed E-state index contributed by atoms with van der Waals surface area (Å²) in [6.45, 7) is 3.48. The summed E-state index contributed by atoms with van der Waals surface area (Å²) in [5.41, 5.74) is 0. The van der Waals surface area contributed by atoms with Crippen LogP contribution in [0, 0.1) is 0 Å². The topological polar surface area (TPSA) is 64.1 Å². The van der Waals surface area contributed by atoms with Gasteiger partial charge in [-0.1, -0.05) is 0 Å². The number of carboxylic acid groups (broad SMARTS) is 1. The summed E-state index contributed by atoms with van der Waals surface area (Å²) in [6.07, 6.45) is 0.882. The first-order chi connectivity index (χ1) is 7.95. The summed E-state index contributed by atoms with van der Waals surface area (Å²) in [7, 11) is 5.73. The van der Waals surface area contributed by atoms with E-state index in [-0.39, 0.29) is 6.54 Å². The highest BCUT2D eigenvalue weighted by molar-refractivity contribution is 5.68. The van der Waals surface area contributed by atoms with Gasteiger partial charge in [0.15, 0.2) is 0 Å². The lowest BCUT2D eigenvalue weighted by molar-refractivity contribution is -0.138. The quantitative estimate of drug-likeness (QED) is 0.501. The van der Waals surface area contributed by atoms with Gasteiger partial charge >= 0.3 is 5.97 Å². The van der Waals surface area contributed by atoms with Crippen LogP contribution in [0.5, 0.6) is 0 Å². The van der Waals surface area contributed by atoms with E-state index in [4.69, 9.17) is 5.11 Å². The van der Waals surface area contributed by atoms with Gasteiger partial charge in [-0.2, -0.15) is 0 Å². The third-order valence-corrected chi connectivity index (χ3v) is 2.40. The largest absolute Gasteiger partial charge is 0.480 e. The van der Waals surface area contributed by atoms with E-state index in [1.165, 1.54) is 0 Å². The summed E-state index contributed by atoms with van der Waals surface area (Å²) in [5.74, 6) is -0.831. The summed E-state index contributed by atoms with van der Waals surface area (Å²) in [4.78, 5) is 26.8. The molecule has 0 aliphatic carbocycles. The Kier molecular flexibility index (Phi) is 8.57. The van der Waals surface area contributed by atoms with Gasteiger partial charge in [-0.05, 0) is 21.1 Å². The molecule has 0 aliphatic rings. The minimum Gasteiger partial charge on any atom is -0.480 e. The van der Waals surface area contributed by atoms with Crippen molar-refractivity contribution >= 4 is 12.3 Å². The van der Waals surface area contributed by atoms with Crippen molar-refractivity contribution in [1.29, 1.82) is 0 Å². The lowest BCUT2D eigenvalue weighted by Crippen LogP contribution is -2.39. The van der Waals surface area contributed by atoms with Crippen molar-refractivity contribution in [3.63, 3.8) is 0 Å². The molecule has 0 aromatic carbocycles. The number of hydrogen-bond donors (Lipinski definition) is 1. The van der Waals surface area contributed by atoms with Crippen molar-refractivity contribution in [3.05, 3.63) is 0 Å². The molecule has 0 bridgehead atoms. The van der Waals surface area contributed by atoms with Gasteiger partial charge < -0.3 is 14.8 Å². The smallest absolute Gasteiger partial charge is 0.317 e. The number of carbonyl (C=O) groups excluding carboxylic acids is 1. The Hall–Kier alpha value is -0.980. The second-order valence-corrected chi connectivity index (χ2v) is 4.40. The zero-order valence-corrected chi connectivity index (χ0v) is 10.9. The lowest BCUT2D eigenvalue weighted by Gasteiger charge is -2.24. The predicted octanol–water partition coefficient (Wildman–Crippen LogP) is -0.935. The molecule has 0 unspecified atom stereocenters. The van der Waals surface area contributed by atoms with E-state index in [1.54, 1.807) is 11.9 Å². The van der Waals surface area contributed by atoms with Crippen LogP contribution in [0.1, 0.15) is 0 Å². The second kappa shape index (κ2) is 9.09. The molecule has 6 nitrogen and oxygen atoms in total. The Morgan fingerprint density at radius 1 is 1.12 bits per heavy atom. The molecule has 0 spiro atoms. The predicted molar refractivity (Wildman–Crippen MR) is 66.2 cm³/mol. The number of nitrogens with zero attached hydrogens (tertiary/aromatic N) is 3. The number of carboxylic acids is 1. The molecule has 0 aliphatic heterocycles. The Morgan fingerprint density at radius 3 is 2.18 bits per heavy atom. The molecule has 17 heavy (non-hydrogen) atoms. The highest BCUT2D eigenvalue weighted by atomic mass is 16.4.